The Hall–Kier alpha value is -2.75. The van der Waals surface area contributed by atoms with Crippen molar-refractivity contribution in [3.63, 3.8) is 0 Å². The van der Waals surface area contributed by atoms with Crippen LogP contribution >= 0.6 is 11.8 Å². The Morgan fingerprint density at radius 3 is 2.14 bits per heavy atom. The number of carbonyl (C=O) groups is 4. The van der Waals surface area contributed by atoms with Crippen LogP contribution in [-0.4, -0.2) is 71.6 Å². The van der Waals surface area contributed by atoms with Crippen LogP contribution in [0.25, 0.3) is 0 Å². The molecule has 3 amide bonds. The van der Waals surface area contributed by atoms with Gasteiger partial charge in [-0.3, -0.25) is 14.4 Å². The van der Waals surface area contributed by atoms with Gasteiger partial charge in [-0.1, -0.05) is 18.2 Å². The lowest BCUT2D eigenvalue weighted by Gasteiger charge is -2.43. The summed E-state index contributed by atoms with van der Waals surface area (Å²) in [7, 11) is 1.24. The summed E-state index contributed by atoms with van der Waals surface area (Å²) in [6.07, 6.45) is 1.54. The Labute approximate surface area is 225 Å². The van der Waals surface area contributed by atoms with Crippen LogP contribution in [0.1, 0.15) is 70.7 Å². The second kappa shape index (κ2) is 13.7. The maximum Gasteiger partial charge on any atom is 0.408 e. The van der Waals surface area contributed by atoms with Gasteiger partial charge in [0.05, 0.1) is 7.11 Å². The van der Waals surface area contributed by atoms with Gasteiger partial charge in [-0.25, -0.2) is 4.79 Å². The van der Waals surface area contributed by atoms with E-state index in [4.69, 9.17) is 4.74 Å². The number of benzene rings is 1. The van der Waals surface area contributed by atoms with Crippen LogP contribution < -0.4 is 10.6 Å². The number of thioether (sulfide) groups is 1. The third-order valence-electron chi connectivity index (χ3n) is 5.55. The van der Waals surface area contributed by atoms with Crippen molar-refractivity contribution in [3.8, 4) is 0 Å². The summed E-state index contributed by atoms with van der Waals surface area (Å²) in [4.78, 5) is 53.6. The van der Waals surface area contributed by atoms with Gasteiger partial charge < -0.3 is 25.0 Å². The van der Waals surface area contributed by atoms with Crippen LogP contribution in [0.2, 0.25) is 0 Å². The van der Waals surface area contributed by atoms with E-state index in [1.165, 1.54) is 12.0 Å². The van der Waals surface area contributed by atoms with Gasteiger partial charge in [0.1, 0.15) is 24.2 Å². The summed E-state index contributed by atoms with van der Waals surface area (Å²) >= 11 is 1.54. The first kappa shape index (κ1) is 32.3. The van der Waals surface area contributed by atoms with Gasteiger partial charge in [0.2, 0.25) is 11.8 Å². The molecule has 0 radical (unpaired) electrons. The Kier molecular flexibility index (Phi) is 11.9. The summed E-state index contributed by atoms with van der Waals surface area (Å²) in [5, 5.41) is 5.32. The maximum absolute atomic E-state index is 14.1. The molecule has 0 aromatic heterocycles. The zero-order chi connectivity index (χ0) is 28.6. The Bertz CT molecular complexity index is 968. The molecule has 1 aromatic rings. The molecule has 0 spiro atoms. The zero-order valence-electron chi connectivity index (χ0n) is 23.8. The number of aryl methyl sites for hydroxylation is 2. The number of nitrogens with one attached hydrogen (secondary N) is 2. The van der Waals surface area contributed by atoms with Crippen molar-refractivity contribution in [2.24, 2.45) is 0 Å². The normalized spacial score (nSPS) is 13.2. The van der Waals surface area contributed by atoms with Crippen molar-refractivity contribution in [2.45, 2.75) is 85.0 Å². The number of alkyl carbamates (subject to hydrolysis) is 1. The quantitative estimate of drug-likeness (QED) is 0.435. The summed E-state index contributed by atoms with van der Waals surface area (Å²) in [6.45, 7) is 14.3. The standard InChI is InChI=1S/C27H43N3O6S/c1-17-11-12-19(15-18(17)2)22(23(32)28-16-21(31)35-9)30(26(3,4)5)24(33)20(13-14-37-10)29-25(34)36-27(6,7)8/h11-12,15,20,22H,13-14,16H2,1-10H3,(H,28,32)(H,29,34). The van der Waals surface area contributed by atoms with Crippen LogP contribution in [-0.2, 0) is 23.9 Å². The number of carbonyl (C=O) groups excluding carboxylic acids is 4. The Morgan fingerprint density at radius 2 is 1.65 bits per heavy atom. The molecule has 0 heterocycles. The predicted molar refractivity (Wildman–Crippen MR) is 146 cm³/mol. The summed E-state index contributed by atoms with van der Waals surface area (Å²) in [6, 6.07) is 3.56. The molecule has 10 heteroatoms. The fraction of sp³-hybridized carbons (Fsp3) is 0.630. The smallest absolute Gasteiger partial charge is 0.408 e. The molecule has 37 heavy (non-hydrogen) atoms. The first-order valence-electron chi connectivity index (χ1n) is 12.2. The molecule has 9 nitrogen and oxygen atoms in total. The third-order valence-corrected chi connectivity index (χ3v) is 6.19. The molecular weight excluding hydrogens is 494 g/mol. The minimum Gasteiger partial charge on any atom is -0.468 e. The lowest BCUT2D eigenvalue weighted by Crippen LogP contribution is -2.59. The first-order valence-corrected chi connectivity index (χ1v) is 13.6. The first-order chi connectivity index (χ1) is 17.0. The van der Waals surface area contributed by atoms with E-state index >= 15 is 0 Å². The number of methoxy groups -OCH3 is 1. The number of rotatable bonds is 10. The fourth-order valence-electron chi connectivity index (χ4n) is 3.64. The average Bonchev–Trinajstić information content (AvgIpc) is 2.77. The van der Waals surface area contributed by atoms with Crippen molar-refractivity contribution < 1.29 is 28.7 Å². The molecule has 2 unspecified atom stereocenters. The minimum atomic E-state index is -1.06. The molecule has 0 saturated carbocycles. The molecule has 1 rings (SSSR count). The fourth-order valence-corrected chi connectivity index (χ4v) is 4.11. The molecule has 0 aliphatic heterocycles. The van der Waals surface area contributed by atoms with E-state index < -0.39 is 47.1 Å². The van der Waals surface area contributed by atoms with Gasteiger partial charge in [0.15, 0.2) is 0 Å². The molecule has 2 atom stereocenters. The number of hydrogen-bond donors (Lipinski definition) is 2. The molecule has 1 aromatic carbocycles. The van der Waals surface area contributed by atoms with Gasteiger partial charge >= 0.3 is 12.1 Å². The van der Waals surface area contributed by atoms with E-state index in [-0.39, 0.29) is 6.54 Å². The number of ether oxygens (including phenoxy) is 2. The second-order valence-corrected chi connectivity index (χ2v) is 11.9. The lowest BCUT2D eigenvalue weighted by atomic mass is 9.93. The Balaban J connectivity index is 3.58. The minimum absolute atomic E-state index is 0.338. The van der Waals surface area contributed by atoms with E-state index in [1.54, 1.807) is 38.6 Å². The van der Waals surface area contributed by atoms with E-state index in [2.05, 4.69) is 15.4 Å². The molecule has 0 aliphatic rings. The highest BCUT2D eigenvalue weighted by molar-refractivity contribution is 7.98. The largest absolute Gasteiger partial charge is 0.468 e. The predicted octanol–water partition coefficient (Wildman–Crippen LogP) is 3.91. The van der Waals surface area contributed by atoms with Crippen LogP contribution in [0.3, 0.4) is 0 Å². The highest BCUT2D eigenvalue weighted by Crippen LogP contribution is 2.31. The van der Waals surface area contributed by atoms with Crippen LogP contribution in [0.5, 0.6) is 0 Å². The molecule has 208 valence electrons. The third kappa shape index (κ3) is 10.3. The molecule has 0 fully saturated rings. The molecule has 0 saturated heterocycles. The molecule has 0 aliphatic carbocycles. The average molecular weight is 538 g/mol. The van der Waals surface area contributed by atoms with Crippen molar-refractivity contribution >= 4 is 35.6 Å². The molecular formula is C27H43N3O6S. The van der Waals surface area contributed by atoms with Gasteiger partial charge in [0, 0.05) is 5.54 Å². The maximum atomic E-state index is 14.1. The SMILES string of the molecule is COC(=O)CNC(=O)C(c1ccc(C)c(C)c1)N(C(=O)C(CCSC)NC(=O)OC(C)(C)C)C(C)(C)C. The number of esters is 1. The zero-order valence-corrected chi connectivity index (χ0v) is 24.6. The highest BCUT2D eigenvalue weighted by atomic mass is 32.2. The Morgan fingerprint density at radius 1 is 1.03 bits per heavy atom. The number of amides is 3. The van der Waals surface area contributed by atoms with Crippen molar-refractivity contribution in [2.75, 3.05) is 25.7 Å². The topological polar surface area (TPSA) is 114 Å². The summed E-state index contributed by atoms with van der Waals surface area (Å²) in [5.74, 6) is -0.959. The van der Waals surface area contributed by atoms with Crippen LogP contribution in [0, 0.1) is 13.8 Å². The van der Waals surface area contributed by atoms with E-state index in [0.717, 1.165) is 11.1 Å². The van der Waals surface area contributed by atoms with Gasteiger partial charge in [-0.2, -0.15) is 11.8 Å². The van der Waals surface area contributed by atoms with E-state index in [1.807, 2.05) is 53.0 Å². The van der Waals surface area contributed by atoms with Crippen LogP contribution in [0.15, 0.2) is 18.2 Å². The molecule has 2 N–H and O–H groups in total. The highest BCUT2D eigenvalue weighted by Gasteiger charge is 2.42. The van der Waals surface area contributed by atoms with Gasteiger partial charge in [0.25, 0.3) is 0 Å². The second-order valence-electron chi connectivity index (χ2n) is 10.9. The summed E-state index contributed by atoms with van der Waals surface area (Å²) in [5.41, 5.74) is 1.02. The monoisotopic (exact) mass is 537 g/mol. The van der Waals surface area contributed by atoms with Crippen molar-refractivity contribution in [1.29, 1.82) is 0 Å². The number of nitrogens with zero attached hydrogens (tertiary/aromatic N) is 1. The van der Waals surface area contributed by atoms with Crippen molar-refractivity contribution in [3.05, 3.63) is 34.9 Å². The number of hydrogen-bond acceptors (Lipinski definition) is 7. The van der Waals surface area contributed by atoms with E-state index in [9.17, 15) is 19.2 Å². The van der Waals surface area contributed by atoms with Crippen LogP contribution in [0.4, 0.5) is 4.79 Å². The van der Waals surface area contributed by atoms with E-state index in [0.29, 0.717) is 17.7 Å². The lowest BCUT2D eigenvalue weighted by molar-refractivity contribution is -0.149. The van der Waals surface area contributed by atoms with Gasteiger partial charge in [-0.15, -0.1) is 0 Å². The van der Waals surface area contributed by atoms with Crippen molar-refractivity contribution in [1.82, 2.24) is 15.5 Å². The molecule has 0 bridgehead atoms. The van der Waals surface area contributed by atoms with Gasteiger partial charge in [-0.05, 0) is 90.5 Å². The summed E-state index contributed by atoms with van der Waals surface area (Å²) < 4.78 is 10.1.